The van der Waals surface area contributed by atoms with Crippen LogP contribution in [0, 0.1) is 20.8 Å². The predicted molar refractivity (Wildman–Crippen MR) is 122 cm³/mol. The highest BCUT2D eigenvalue weighted by atomic mass is 35.5. The van der Waals surface area contributed by atoms with Crippen LogP contribution in [-0.4, -0.2) is 37.2 Å². The predicted octanol–water partition coefficient (Wildman–Crippen LogP) is 5.43. The van der Waals surface area contributed by atoms with E-state index in [1.54, 1.807) is 0 Å². The van der Waals surface area contributed by atoms with E-state index in [0.717, 1.165) is 42.8 Å². The van der Waals surface area contributed by atoms with Crippen LogP contribution in [-0.2, 0) is 4.74 Å². The molecule has 7 heteroatoms. The van der Waals surface area contributed by atoms with E-state index in [1.807, 2.05) is 39.0 Å². The molecule has 0 aliphatic heterocycles. The fourth-order valence-electron chi connectivity index (χ4n) is 3.26. The van der Waals surface area contributed by atoms with E-state index in [0.29, 0.717) is 16.5 Å². The maximum Gasteiger partial charge on any atom is 0.345 e. The van der Waals surface area contributed by atoms with Crippen molar-refractivity contribution in [1.82, 2.24) is 10.3 Å². The Morgan fingerprint density at radius 1 is 1.17 bits per heavy atom. The molecule has 1 aromatic heterocycles. The number of halogens is 1. The maximum atomic E-state index is 12.7. The van der Waals surface area contributed by atoms with Gasteiger partial charge in [-0.2, -0.15) is 0 Å². The molecule has 0 radical (unpaired) electrons. The van der Waals surface area contributed by atoms with Crippen molar-refractivity contribution < 1.29 is 14.3 Å². The number of aromatic nitrogens is 1. The minimum atomic E-state index is -0.499. The van der Waals surface area contributed by atoms with Crippen LogP contribution in [0.1, 0.15) is 53.9 Å². The van der Waals surface area contributed by atoms with Gasteiger partial charge in [-0.05, 0) is 69.5 Å². The van der Waals surface area contributed by atoms with Crippen LogP contribution >= 0.6 is 11.6 Å². The van der Waals surface area contributed by atoms with Gasteiger partial charge in [0, 0.05) is 23.3 Å². The van der Waals surface area contributed by atoms with Gasteiger partial charge in [-0.25, -0.2) is 9.78 Å². The fraction of sp³-hybridized carbons (Fsp3) is 0.478. The number of carbonyl (C=O) groups excluding carboxylic acids is 1. The number of pyridine rings is 1. The number of hydrogen-bond acceptors (Lipinski definition) is 6. The number of aryl methyl sites for hydroxylation is 3. The number of nitrogens with one attached hydrogen (secondary N) is 2. The third kappa shape index (κ3) is 6.09. The molecule has 164 valence electrons. The van der Waals surface area contributed by atoms with Gasteiger partial charge in [0.1, 0.15) is 11.3 Å². The lowest BCUT2D eigenvalue weighted by Gasteiger charge is -2.22. The molecular weight excluding hydrogens is 402 g/mol. The first-order chi connectivity index (χ1) is 14.3. The van der Waals surface area contributed by atoms with Gasteiger partial charge < -0.3 is 20.1 Å². The van der Waals surface area contributed by atoms with Gasteiger partial charge in [0.15, 0.2) is 0 Å². The number of ether oxygens (including phenoxy) is 2. The largest absolute Gasteiger partial charge is 0.465 e. The summed E-state index contributed by atoms with van der Waals surface area (Å²) in [5, 5.41) is 7.53. The molecule has 2 rings (SSSR count). The fourth-order valence-corrected chi connectivity index (χ4v) is 3.58. The molecule has 0 bridgehead atoms. The second-order valence-corrected chi connectivity index (χ2v) is 7.84. The number of carbonyl (C=O) groups is 1. The highest BCUT2D eigenvalue weighted by Crippen LogP contribution is 2.35. The van der Waals surface area contributed by atoms with Crippen molar-refractivity contribution in [2.45, 2.75) is 53.5 Å². The van der Waals surface area contributed by atoms with Crippen molar-refractivity contribution in [3.8, 4) is 11.6 Å². The van der Waals surface area contributed by atoms with E-state index in [1.165, 1.54) is 7.11 Å². The Morgan fingerprint density at radius 2 is 1.83 bits per heavy atom. The van der Waals surface area contributed by atoms with Crippen molar-refractivity contribution in [2.24, 2.45) is 0 Å². The summed E-state index contributed by atoms with van der Waals surface area (Å²) in [5.41, 5.74) is 3.40. The first-order valence-corrected chi connectivity index (χ1v) is 10.7. The van der Waals surface area contributed by atoms with E-state index in [2.05, 4.69) is 29.5 Å². The zero-order valence-electron chi connectivity index (χ0n) is 18.7. The van der Waals surface area contributed by atoms with Gasteiger partial charge in [-0.3, -0.25) is 0 Å². The SMILES string of the molecule is CCCNCC(CC)Nc1cc(C)nc(Oc2c(C)cc(Cl)cc2C)c1C(=O)OC. The first kappa shape index (κ1) is 24.0. The second-order valence-electron chi connectivity index (χ2n) is 7.41. The molecule has 0 aliphatic rings. The van der Waals surface area contributed by atoms with Gasteiger partial charge >= 0.3 is 5.97 Å². The van der Waals surface area contributed by atoms with Gasteiger partial charge in [0.05, 0.1) is 12.8 Å². The van der Waals surface area contributed by atoms with Gasteiger partial charge in [0.2, 0.25) is 5.88 Å². The van der Waals surface area contributed by atoms with Gasteiger partial charge in [-0.1, -0.05) is 25.4 Å². The van der Waals surface area contributed by atoms with Gasteiger partial charge in [0.25, 0.3) is 0 Å². The van der Waals surface area contributed by atoms with E-state index in [9.17, 15) is 4.79 Å². The molecule has 0 saturated heterocycles. The van der Waals surface area contributed by atoms with Crippen LogP contribution in [0.5, 0.6) is 11.6 Å². The Kier molecular flexibility index (Phi) is 8.93. The molecule has 0 amide bonds. The van der Waals surface area contributed by atoms with Crippen molar-refractivity contribution in [1.29, 1.82) is 0 Å². The number of methoxy groups -OCH3 is 1. The van der Waals surface area contributed by atoms with Crippen LogP contribution in [0.15, 0.2) is 18.2 Å². The summed E-state index contributed by atoms with van der Waals surface area (Å²) in [6.45, 7) is 11.7. The van der Waals surface area contributed by atoms with Crippen LogP contribution in [0.25, 0.3) is 0 Å². The number of anilines is 1. The highest BCUT2D eigenvalue weighted by Gasteiger charge is 2.24. The number of rotatable bonds is 10. The second kappa shape index (κ2) is 11.2. The lowest BCUT2D eigenvalue weighted by atomic mass is 10.1. The molecule has 0 fully saturated rings. The summed E-state index contributed by atoms with van der Waals surface area (Å²) in [6, 6.07) is 5.64. The third-order valence-corrected chi connectivity index (χ3v) is 5.02. The molecule has 30 heavy (non-hydrogen) atoms. The molecule has 1 unspecified atom stereocenters. The summed E-state index contributed by atoms with van der Waals surface area (Å²) in [4.78, 5) is 17.2. The molecule has 2 N–H and O–H groups in total. The lowest BCUT2D eigenvalue weighted by molar-refractivity contribution is 0.0598. The molecule has 0 spiro atoms. The van der Waals surface area contributed by atoms with Crippen molar-refractivity contribution >= 4 is 23.3 Å². The summed E-state index contributed by atoms with van der Waals surface area (Å²) in [6.07, 6.45) is 1.96. The normalized spacial score (nSPS) is 11.8. The Bertz CT molecular complexity index is 863. The topological polar surface area (TPSA) is 72.5 Å². The van der Waals surface area contributed by atoms with Gasteiger partial charge in [-0.15, -0.1) is 0 Å². The molecule has 6 nitrogen and oxygen atoms in total. The molecule has 1 heterocycles. The van der Waals surface area contributed by atoms with E-state index >= 15 is 0 Å². The third-order valence-electron chi connectivity index (χ3n) is 4.80. The number of benzene rings is 1. The van der Waals surface area contributed by atoms with E-state index in [4.69, 9.17) is 21.1 Å². The maximum absolute atomic E-state index is 12.7. The average Bonchev–Trinajstić information content (AvgIpc) is 2.69. The summed E-state index contributed by atoms with van der Waals surface area (Å²) in [5.74, 6) is 0.347. The first-order valence-electron chi connectivity index (χ1n) is 10.3. The van der Waals surface area contributed by atoms with Crippen molar-refractivity contribution in [3.63, 3.8) is 0 Å². The molecule has 2 aromatic rings. The molecule has 0 aliphatic carbocycles. The summed E-state index contributed by atoms with van der Waals surface area (Å²) < 4.78 is 11.2. The van der Waals surface area contributed by atoms with Crippen LogP contribution < -0.4 is 15.4 Å². The van der Waals surface area contributed by atoms with E-state index in [-0.39, 0.29) is 17.5 Å². The Balaban J connectivity index is 2.47. The zero-order chi connectivity index (χ0) is 22.3. The highest BCUT2D eigenvalue weighted by molar-refractivity contribution is 6.30. The molecule has 0 saturated carbocycles. The molecule has 1 atom stereocenters. The monoisotopic (exact) mass is 433 g/mol. The Hall–Kier alpha value is -2.31. The Labute approximate surface area is 184 Å². The van der Waals surface area contributed by atoms with Crippen molar-refractivity contribution in [3.05, 3.63) is 45.6 Å². The number of hydrogen-bond donors (Lipinski definition) is 2. The standard InChI is InChI=1S/C23H32ClN3O3/c1-7-9-25-13-18(8-2)27-19-12-16(5)26-22(20(19)23(28)29-6)30-21-14(3)10-17(24)11-15(21)4/h10-12,18,25H,7-9,13H2,1-6H3,(H,26,27). The van der Waals surface area contributed by atoms with Crippen LogP contribution in [0.2, 0.25) is 5.02 Å². The summed E-state index contributed by atoms with van der Waals surface area (Å²) in [7, 11) is 1.36. The van der Waals surface area contributed by atoms with Crippen LogP contribution in [0.3, 0.4) is 0 Å². The summed E-state index contributed by atoms with van der Waals surface area (Å²) >= 11 is 6.14. The minimum Gasteiger partial charge on any atom is -0.465 e. The Morgan fingerprint density at radius 3 is 2.40 bits per heavy atom. The number of esters is 1. The van der Waals surface area contributed by atoms with Crippen molar-refractivity contribution in [2.75, 3.05) is 25.5 Å². The average molecular weight is 434 g/mol. The number of nitrogens with zero attached hydrogens (tertiary/aromatic N) is 1. The zero-order valence-corrected chi connectivity index (χ0v) is 19.4. The molecule has 1 aromatic carbocycles. The minimum absolute atomic E-state index is 0.147. The van der Waals surface area contributed by atoms with E-state index < -0.39 is 5.97 Å². The lowest BCUT2D eigenvalue weighted by Crippen LogP contribution is -2.33. The van der Waals surface area contributed by atoms with Crippen LogP contribution in [0.4, 0.5) is 5.69 Å². The smallest absolute Gasteiger partial charge is 0.345 e. The quantitative estimate of drug-likeness (QED) is 0.384. The molecular formula is C23H32ClN3O3.